The fraction of sp³-hybridized carbons (Fsp3) is 0. The summed E-state index contributed by atoms with van der Waals surface area (Å²) in [6.07, 6.45) is 2.04. The van der Waals surface area contributed by atoms with Crippen LogP contribution in [0.15, 0.2) is 109 Å². The first-order valence-electron chi connectivity index (χ1n) is 10.5. The van der Waals surface area contributed by atoms with E-state index in [-0.39, 0.29) is 0 Å². The molecule has 5 nitrogen and oxygen atoms in total. The molecule has 160 valence electrons. The Morgan fingerprint density at radius 3 is 2.06 bits per heavy atom. The van der Waals surface area contributed by atoms with E-state index in [1.54, 1.807) is 42.5 Å². The second-order valence-electron chi connectivity index (χ2n) is 7.62. The zero-order valence-corrected chi connectivity index (χ0v) is 17.6. The van der Waals surface area contributed by atoms with Crippen LogP contribution in [-0.2, 0) is 0 Å². The van der Waals surface area contributed by atoms with Crippen LogP contribution < -0.4 is 10.5 Å². The standard InChI is InChI=1S/C28H20N2O3/c29-27(31)20-13-11-19(12-14-20)25-18-30(22-9-5-2-6-10-22)26-16-15-23(17-24(25)26)33-28(32)21-7-3-1-4-8-21/h1-18H,(H2,29,31). The number of carbonyl (C=O) groups is 2. The Balaban J connectivity index is 1.62. The summed E-state index contributed by atoms with van der Waals surface area (Å²) in [5.41, 5.74) is 10.2. The SMILES string of the molecule is NC(=O)c1ccc(-c2cn(-c3ccccc3)c3ccc(OC(=O)c4ccccc4)cc23)cc1. The summed E-state index contributed by atoms with van der Waals surface area (Å²) in [5.74, 6) is -0.426. The number of ether oxygens (including phenoxy) is 1. The minimum absolute atomic E-state index is 0.412. The van der Waals surface area contributed by atoms with E-state index in [0.29, 0.717) is 16.9 Å². The second kappa shape index (κ2) is 8.48. The highest BCUT2D eigenvalue weighted by Gasteiger charge is 2.15. The predicted octanol–water partition coefficient (Wildman–Crippen LogP) is 5.62. The predicted molar refractivity (Wildman–Crippen MR) is 129 cm³/mol. The number of para-hydroxylation sites is 1. The van der Waals surface area contributed by atoms with Crippen LogP contribution in [0, 0.1) is 0 Å². The Morgan fingerprint density at radius 1 is 0.727 bits per heavy atom. The van der Waals surface area contributed by atoms with Gasteiger partial charge in [-0.3, -0.25) is 4.79 Å². The van der Waals surface area contributed by atoms with Gasteiger partial charge in [0, 0.05) is 28.4 Å². The zero-order valence-electron chi connectivity index (χ0n) is 17.6. The molecule has 0 aliphatic carbocycles. The average Bonchev–Trinajstić information content (AvgIpc) is 3.24. The number of amides is 1. The summed E-state index contributed by atoms with van der Waals surface area (Å²) in [4.78, 5) is 24.0. The number of aromatic nitrogens is 1. The lowest BCUT2D eigenvalue weighted by atomic mass is 10.0. The molecule has 0 unspecified atom stereocenters. The zero-order chi connectivity index (χ0) is 22.8. The first-order chi connectivity index (χ1) is 16.1. The molecule has 0 atom stereocenters. The largest absolute Gasteiger partial charge is 0.423 e. The summed E-state index contributed by atoms with van der Waals surface area (Å²) < 4.78 is 7.75. The maximum Gasteiger partial charge on any atom is 0.343 e. The van der Waals surface area contributed by atoms with Crippen molar-refractivity contribution in [2.75, 3.05) is 0 Å². The summed E-state index contributed by atoms with van der Waals surface area (Å²) >= 11 is 0. The van der Waals surface area contributed by atoms with E-state index in [2.05, 4.69) is 4.57 Å². The van der Waals surface area contributed by atoms with E-state index in [4.69, 9.17) is 10.5 Å². The highest BCUT2D eigenvalue weighted by atomic mass is 16.5. The molecule has 0 fully saturated rings. The lowest BCUT2D eigenvalue weighted by Crippen LogP contribution is -2.10. The Hall–Kier alpha value is -4.64. The fourth-order valence-electron chi connectivity index (χ4n) is 3.86. The summed E-state index contributed by atoms with van der Waals surface area (Å²) in [5, 5.41) is 0.920. The number of benzene rings is 4. The molecule has 0 bridgehead atoms. The van der Waals surface area contributed by atoms with Crippen molar-refractivity contribution in [1.82, 2.24) is 4.57 Å². The molecule has 5 aromatic rings. The maximum absolute atomic E-state index is 12.6. The minimum atomic E-state index is -0.469. The van der Waals surface area contributed by atoms with Gasteiger partial charge in [-0.15, -0.1) is 0 Å². The van der Waals surface area contributed by atoms with Crippen LogP contribution in [-0.4, -0.2) is 16.4 Å². The number of nitrogens with zero attached hydrogens (tertiary/aromatic N) is 1. The Kier molecular flexibility index (Phi) is 5.21. The van der Waals surface area contributed by atoms with Gasteiger partial charge in [0.15, 0.2) is 0 Å². The molecule has 0 saturated heterocycles. The fourth-order valence-corrected chi connectivity index (χ4v) is 3.86. The van der Waals surface area contributed by atoms with Crippen molar-refractivity contribution < 1.29 is 14.3 Å². The molecule has 5 rings (SSSR count). The van der Waals surface area contributed by atoms with Gasteiger partial charge in [0.05, 0.1) is 11.1 Å². The van der Waals surface area contributed by atoms with Gasteiger partial charge < -0.3 is 15.0 Å². The highest BCUT2D eigenvalue weighted by molar-refractivity contribution is 6.00. The van der Waals surface area contributed by atoms with Gasteiger partial charge in [-0.05, 0) is 60.2 Å². The number of fused-ring (bicyclic) bond motifs is 1. The average molecular weight is 432 g/mol. The maximum atomic E-state index is 12.6. The van der Waals surface area contributed by atoms with Gasteiger partial charge in [0.1, 0.15) is 5.75 Å². The Bertz CT molecular complexity index is 1450. The normalized spacial score (nSPS) is 10.8. The number of nitrogens with two attached hydrogens (primary N) is 1. The van der Waals surface area contributed by atoms with E-state index in [9.17, 15) is 9.59 Å². The van der Waals surface area contributed by atoms with Gasteiger partial charge in [-0.1, -0.05) is 48.5 Å². The highest BCUT2D eigenvalue weighted by Crippen LogP contribution is 2.35. The molecular formula is C28H20N2O3. The number of hydrogen-bond acceptors (Lipinski definition) is 3. The third-order valence-electron chi connectivity index (χ3n) is 5.51. The molecule has 1 aromatic heterocycles. The third kappa shape index (κ3) is 4.00. The van der Waals surface area contributed by atoms with E-state index in [1.165, 1.54) is 0 Å². The van der Waals surface area contributed by atoms with Gasteiger partial charge >= 0.3 is 5.97 Å². The Morgan fingerprint density at radius 2 is 1.39 bits per heavy atom. The molecule has 4 aromatic carbocycles. The van der Waals surface area contributed by atoms with Crippen LogP contribution in [0.1, 0.15) is 20.7 Å². The van der Waals surface area contributed by atoms with Gasteiger partial charge in [0.2, 0.25) is 5.91 Å². The third-order valence-corrected chi connectivity index (χ3v) is 5.51. The monoisotopic (exact) mass is 432 g/mol. The molecule has 2 N–H and O–H groups in total. The first-order valence-corrected chi connectivity index (χ1v) is 10.5. The smallest absolute Gasteiger partial charge is 0.343 e. The quantitative estimate of drug-likeness (QED) is 0.290. The molecule has 1 amide bonds. The molecule has 0 radical (unpaired) electrons. The number of hydrogen-bond donors (Lipinski definition) is 1. The van der Waals surface area contributed by atoms with E-state index in [1.807, 2.05) is 66.9 Å². The van der Waals surface area contributed by atoms with Gasteiger partial charge in [-0.25, -0.2) is 4.79 Å². The second-order valence-corrected chi connectivity index (χ2v) is 7.62. The lowest BCUT2D eigenvalue weighted by Gasteiger charge is -2.07. The van der Waals surface area contributed by atoms with Crippen LogP contribution in [0.4, 0.5) is 0 Å². The summed E-state index contributed by atoms with van der Waals surface area (Å²) in [6.45, 7) is 0. The first kappa shape index (κ1) is 20.3. The van der Waals surface area contributed by atoms with E-state index < -0.39 is 11.9 Å². The molecular weight excluding hydrogens is 412 g/mol. The van der Waals surface area contributed by atoms with Crippen molar-refractivity contribution in [3.05, 3.63) is 120 Å². The van der Waals surface area contributed by atoms with Crippen molar-refractivity contribution in [2.24, 2.45) is 5.73 Å². The van der Waals surface area contributed by atoms with Crippen molar-refractivity contribution in [3.63, 3.8) is 0 Å². The number of esters is 1. The number of primary amides is 1. The molecule has 0 saturated carbocycles. The molecule has 0 aliphatic rings. The molecule has 5 heteroatoms. The van der Waals surface area contributed by atoms with Crippen LogP contribution in [0.5, 0.6) is 5.75 Å². The van der Waals surface area contributed by atoms with Crippen LogP contribution >= 0.6 is 0 Å². The van der Waals surface area contributed by atoms with E-state index >= 15 is 0 Å². The molecule has 0 spiro atoms. The van der Waals surface area contributed by atoms with Gasteiger partial charge in [0.25, 0.3) is 0 Å². The Labute approximate surface area is 190 Å². The lowest BCUT2D eigenvalue weighted by molar-refractivity contribution is 0.0734. The van der Waals surface area contributed by atoms with Crippen molar-refractivity contribution in [3.8, 4) is 22.6 Å². The molecule has 33 heavy (non-hydrogen) atoms. The van der Waals surface area contributed by atoms with Crippen LogP contribution in [0.3, 0.4) is 0 Å². The van der Waals surface area contributed by atoms with Gasteiger partial charge in [-0.2, -0.15) is 0 Å². The van der Waals surface area contributed by atoms with Crippen LogP contribution in [0.2, 0.25) is 0 Å². The van der Waals surface area contributed by atoms with Crippen molar-refractivity contribution in [1.29, 1.82) is 0 Å². The number of carbonyl (C=O) groups excluding carboxylic acids is 2. The molecule has 0 aliphatic heterocycles. The molecule has 1 heterocycles. The van der Waals surface area contributed by atoms with Crippen molar-refractivity contribution in [2.45, 2.75) is 0 Å². The van der Waals surface area contributed by atoms with Crippen LogP contribution in [0.25, 0.3) is 27.7 Å². The van der Waals surface area contributed by atoms with E-state index in [0.717, 1.165) is 27.7 Å². The van der Waals surface area contributed by atoms with Crippen molar-refractivity contribution >= 4 is 22.8 Å². The minimum Gasteiger partial charge on any atom is -0.423 e. The topological polar surface area (TPSA) is 74.3 Å². The number of rotatable bonds is 5. The summed E-state index contributed by atoms with van der Waals surface area (Å²) in [7, 11) is 0. The summed E-state index contributed by atoms with van der Waals surface area (Å²) in [6, 6.07) is 31.7.